The number of carbonyl (C=O) groups excluding carboxylic acids is 1. The fourth-order valence-electron chi connectivity index (χ4n) is 2.40. The van der Waals surface area contributed by atoms with Crippen molar-refractivity contribution in [1.29, 1.82) is 0 Å². The summed E-state index contributed by atoms with van der Waals surface area (Å²) in [4.78, 5) is 14.0. The molecule has 0 aromatic heterocycles. The van der Waals surface area contributed by atoms with Crippen LogP contribution in [0.5, 0.6) is 5.75 Å². The van der Waals surface area contributed by atoms with Crippen LogP contribution in [0.15, 0.2) is 24.3 Å². The zero-order valence-electron chi connectivity index (χ0n) is 12.6. The minimum atomic E-state index is 0.0937. The van der Waals surface area contributed by atoms with Crippen LogP contribution in [-0.4, -0.2) is 50.8 Å². The number of methoxy groups -OCH3 is 1. The zero-order valence-corrected chi connectivity index (χ0v) is 12.6. The van der Waals surface area contributed by atoms with Crippen LogP contribution < -0.4 is 10.1 Å². The van der Waals surface area contributed by atoms with Crippen LogP contribution in [0.2, 0.25) is 0 Å². The van der Waals surface area contributed by atoms with Gasteiger partial charge in [0, 0.05) is 39.2 Å². The Morgan fingerprint density at radius 2 is 2.24 bits per heavy atom. The van der Waals surface area contributed by atoms with Gasteiger partial charge < -0.3 is 14.8 Å². The van der Waals surface area contributed by atoms with Gasteiger partial charge in [-0.05, 0) is 24.1 Å². The van der Waals surface area contributed by atoms with E-state index >= 15 is 0 Å². The van der Waals surface area contributed by atoms with Gasteiger partial charge in [0.1, 0.15) is 5.75 Å². The molecule has 5 nitrogen and oxygen atoms in total. The summed E-state index contributed by atoms with van der Waals surface area (Å²) in [7, 11) is 1.67. The van der Waals surface area contributed by atoms with E-state index in [0.29, 0.717) is 19.6 Å². The number of hydrogen-bond donors (Lipinski definition) is 1. The Kier molecular flexibility index (Phi) is 6.50. The highest BCUT2D eigenvalue weighted by Gasteiger charge is 2.11. The van der Waals surface area contributed by atoms with Crippen molar-refractivity contribution in [2.45, 2.75) is 19.4 Å². The molecular formula is C16H24N2O3. The number of nitrogens with one attached hydrogen (secondary N) is 1. The van der Waals surface area contributed by atoms with E-state index in [2.05, 4.69) is 16.3 Å². The van der Waals surface area contributed by atoms with Crippen LogP contribution in [0.4, 0.5) is 0 Å². The first kappa shape index (κ1) is 15.8. The van der Waals surface area contributed by atoms with E-state index in [0.717, 1.165) is 38.4 Å². The van der Waals surface area contributed by atoms with Crippen LogP contribution in [0, 0.1) is 0 Å². The third kappa shape index (κ3) is 5.73. The Morgan fingerprint density at radius 3 is 3.10 bits per heavy atom. The molecule has 1 aromatic carbocycles. The van der Waals surface area contributed by atoms with Gasteiger partial charge in [-0.3, -0.25) is 9.69 Å². The lowest BCUT2D eigenvalue weighted by molar-refractivity contribution is -0.121. The number of ether oxygens (including phenoxy) is 2. The summed E-state index contributed by atoms with van der Waals surface area (Å²) in [6.07, 6.45) is 1.52. The van der Waals surface area contributed by atoms with Crippen LogP contribution in [-0.2, 0) is 16.1 Å². The molecule has 0 atom stereocenters. The predicted octanol–water partition coefficient (Wildman–Crippen LogP) is 1.42. The van der Waals surface area contributed by atoms with E-state index in [1.165, 1.54) is 5.56 Å². The molecule has 2 rings (SSSR count). The molecule has 0 radical (unpaired) electrons. The predicted molar refractivity (Wildman–Crippen MR) is 81.3 cm³/mol. The summed E-state index contributed by atoms with van der Waals surface area (Å²) in [6, 6.07) is 8.07. The average Bonchev–Trinajstić information content (AvgIpc) is 2.55. The monoisotopic (exact) mass is 292 g/mol. The van der Waals surface area contributed by atoms with Crippen molar-refractivity contribution in [2.24, 2.45) is 0 Å². The highest BCUT2D eigenvalue weighted by molar-refractivity contribution is 5.76. The van der Waals surface area contributed by atoms with Crippen LogP contribution in [0.25, 0.3) is 0 Å². The third-order valence-corrected chi connectivity index (χ3v) is 3.53. The zero-order chi connectivity index (χ0) is 14.9. The van der Waals surface area contributed by atoms with Gasteiger partial charge in [0.2, 0.25) is 5.91 Å². The van der Waals surface area contributed by atoms with Crippen molar-refractivity contribution < 1.29 is 14.3 Å². The van der Waals surface area contributed by atoms with Crippen LogP contribution >= 0.6 is 0 Å². The highest BCUT2D eigenvalue weighted by Crippen LogP contribution is 2.14. The largest absolute Gasteiger partial charge is 0.497 e. The maximum atomic E-state index is 11.7. The molecule has 0 spiro atoms. The molecule has 116 valence electrons. The lowest BCUT2D eigenvalue weighted by Gasteiger charge is -2.22. The molecule has 5 heteroatoms. The Bertz CT molecular complexity index is 451. The van der Waals surface area contributed by atoms with Crippen molar-refractivity contribution >= 4 is 5.91 Å². The summed E-state index contributed by atoms with van der Waals surface area (Å²) in [5, 5.41) is 2.87. The van der Waals surface area contributed by atoms with Gasteiger partial charge in [-0.2, -0.15) is 0 Å². The Morgan fingerprint density at radius 1 is 1.33 bits per heavy atom. The number of benzene rings is 1. The average molecular weight is 292 g/mol. The Hall–Kier alpha value is -1.59. The first-order valence-electron chi connectivity index (χ1n) is 7.47. The molecule has 1 saturated heterocycles. The van der Waals surface area contributed by atoms with E-state index in [1.54, 1.807) is 7.11 Å². The second kappa shape index (κ2) is 8.64. The fraction of sp³-hybridized carbons (Fsp3) is 0.562. The third-order valence-electron chi connectivity index (χ3n) is 3.53. The van der Waals surface area contributed by atoms with Crippen molar-refractivity contribution in [3.05, 3.63) is 29.8 Å². The van der Waals surface area contributed by atoms with E-state index in [4.69, 9.17) is 9.47 Å². The molecule has 1 aromatic rings. The summed E-state index contributed by atoms with van der Waals surface area (Å²) in [6.45, 7) is 4.47. The molecule has 1 aliphatic rings. The lowest BCUT2D eigenvalue weighted by atomic mass is 10.2. The van der Waals surface area contributed by atoms with Gasteiger partial charge in [-0.25, -0.2) is 0 Å². The van der Waals surface area contributed by atoms with Crippen LogP contribution in [0.1, 0.15) is 18.4 Å². The first-order chi connectivity index (χ1) is 10.3. The molecule has 1 heterocycles. The molecular weight excluding hydrogens is 268 g/mol. The summed E-state index contributed by atoms with van der Waals surface area (Å²) in [5.41, 5.74) is 1.20. The number of amides is 1. The first-order valence-corrected chi connectivity index (χ1v) is 7.47. The van der Waals surface area contributed by atoms with Crippen molar-refractivity contribution in [1.82, 2.24) is 10.2 Å². The smallest absolute Gasteiger partial charge is 0.221 e. The van der Waals surface area contributed by atoms with E-state index in [-0.39, 0.29) is 5.91 Å². The van der Waals surface area contributed by atoms with E-state index < -0.39 is 0 Å². The van der Waals surface area contributed by atoms with E-state index in [9.17, 15) is 4.79 Å². The standard InChI is InChI=1S/C16H24N2O3/c1-20-15-5-2-4-14(12-15)13-18-8-3-10-21-11-7-17-16(19)6-9-18/h2,4-5,12H,3,6-11,13H2,1H3,(H,17,19). The maximum Gasteiger partial charge on any atom is 0.221 e. The fourth-order valence-corrected chi connectivity index (χ4v) is 2.40. The number of carbonyl (C=O) groups is 1. The summed E-state index contributed by atoms with van der Waals surface area (Å²) >= 11 is 0. The molecule has 1 aliphatic heterocycles. The molecule has 21 heavy (non-hydrogen) atoms. The Balaban J connectivity index is 1.95. The van der Waals surface area contributed by atoms with E-state index in [1.807, 2.05) is 18.2 Å². The molecule has 1 N–H and O–H groups in total. The molecule has 1 amide bonds. The Labute approximate surface area is 126 Å². The van der Waals surface area contributed by atoms with Gasteiger partial charge in [-0.1, -0.05) is 12.1 Å². The van der Waals surface area contributed by atoms with Crippen LogP contribution in [0.3, 0.4) is 0 Å². The lowest BCUT2D eigenvalue weighted by Crippen LogP contribution is -2.31. The van der Waals surface area contributed by atoms with Crippen molar-refractivity contribution in [2.75, 3.05) is 40.0 Å². The number of hydrogen-bond acceptors (Lipinski definition) is 4. The minimum absolute atomic E-state index is 0.0937. The van der Waals surface area contributed by atoms with Gasteiger partial charge >= 0.3 is 0 Å². The maximum absolute atomic E-state index is 11.7. The van der Waals surface area contributed by atoms with Gasteiger partial charge in [-0.15, -0.1) is 0 Å². The number of rotatable bonds is 3. The summed E-state index contributed by atoms with van der Waals surface area (Å²) in [5.74, 6) is 0.961. The normalized spacial score (nSPS) is 18.6. The van der Waals surface area contributed by atoms with Gasteiger partial charge in [0.05, 0.1) is 13.7 Å². The van der Waals surface area contributed by atoms with Gasteiger partial charge in [0.15, 0.2) is 0 Å². The highest BCUT2D eigenvalue weighted by atomic mass is 16.5. The molecule has 0 unspecified atom stereocenters. The van der Waals surface area contributed by atoms with Crippen molar-refractivity contribution in [3.8, 4) is 5.75 Å². The topological polar surface area (TPSA) is 50.8 Å². The SMILES string of the molecule is COc1cccc(CN2CCCOCCNC(=O)CC2)c1. The quantitative estimate of drug-likeness (QED) is 0.915. The van der Waals surface area contributed by atoms with Crippen molar-refractivity contribution in [3.63, 3.8) is 0 Å². The second-order valence-electron chi connectivity index (χ2n) is 5.19. The number of nitrogens with zero attached hydrogens (tertiary/aromatic N) is 1. The molecule has 0 saturated carbocycles. The molecule has 1 fully saturated rings. The molecule has 0 aliphatic carbocycles. The minimum Gasteiger partial charge on any atom is -0.497 e. The summed E-state index contributed by atoms with van der Waals surface area (Å²) < 4.78 is 10.7. The molecule has 0 bridgehead atoms. The van der Waals surface area contributed by atoms with Gasteiger partial charge in [0.25, 0.3) is 0 Å². The second-order valence-corrected chi connectivity index (χ2v) is 5.19.